The summed E-state index contributed by atoms with van der Waals surface area (Å²) in [7, 11) is 2.12. The van der Waals surface area contributed by atoms with Gasteiger partial charge in [-0.05, 0) is 19.2 Å². The molecule has 6 heteroatoms. The molecule has 1 aliphatic rings. The zero-order chi connectivity index (χ0) is 14.5. The van der Waals surface area contributed by atoms with Gasteiger partial charge in [0.15, 0.2) is 0 Å². The van der Waals surface area contributed by atoms with Crippen LogP contribution in [0.4, 0.5) is 5.69 Å². The van der Waals surface area contributed by atoms with Crippen LogP contribution >= 0.6 is 23.2 Å². The van der Waals surface area contributed by atoms with Crippen LogP contribution in [0.2, 0.25) is 10.0 Å². The number of likely N-dealkylation sites (N-methyl/N-ethyl adjacent to an activating group) is 1. The summed E-state index contributed by atoms with van der Waals surface area (Å²) in [5.41, 5.74) is 0.572. The fourth-order valence-electron chi connectivity index (χ4n) is 2.14. The summed E-state index contributed by atoms with van der Waals surface area (Å²) in [5, 5.41) is 3.65. The molecule has 0 unspecified atom stereocenters. The van der Waals surface area contributed by atoms with Crippen molar-refractivity contribution in [1.82, 2.24) is 9.80 Å². The molecule has 1 aliphatic heterocycles. The first-order chi connectivity index (χ1) is 9.56. The van der Waals surface area contributed by atoms with E-state index in [1.54, 1.807) is 18.2 Å². The smallest absolute Gasteiger partial charge is 0.225 e. The number of carbonyl (C=O) groups excluding carboxylic acids is 1. The highest BCUT2D eigenvalue weighted by Crippen LogP contribution is 2.29. The van der Waals surface area contributed by atoms with Crippen LogP contribution in [0.3, 0.4) is 0 Å². The summed E-state index contributed by atoms with van der Waals surface area (Å²) < 4.78 is 0. The lowest BCUT2D eigenvalue weighted by molar-refractivity contribution is -0.116. The van der Waals surface area contributed by atoms with Gasteiger partial charge in [-0.15, -0.1) is 0 Å². The zero-order valence-electron chi connectivity index (χ0n) is 11.5. The van der Waals surface area contributed by atoms with Crippen molar-refractivity contribution in [1.29, 1.82) is 0 Å². The predicted molar refractivity (Wildman–Crippen MR) is 83.6 cm³/mol. The van der Waals surface area contributed by atoms with Gasteiger partial charge in [0, 0.05) is 39.1 Å². The number of benzene rings is 1. The number of rotatable bonds is 4. The first kappa shape index (κ1) is 15.6. The third kappa shape index (κ3) is 4.35. The summed E-state index contributed by atoms with van der Waals surface area (Å²) >= 11 is 12.0. The van der Waals surface area contributed by atoms with Gasteiger partial charge in [0.1, 0.15) is 0 Å². The van der Waals surface area contributed by atoms with E-state index in [-0.39, 0.29) is 5.91 Å². The highest BCUT2D eigenvalue weighted by atomic mass is 35.5. The van der Waals surface area contributed by atoms with Crippen LogP contribution < -0.4 is 5.32 Å². The summed E-state index contributed by atoms with van der Waals surface area (Å²) in [4.78, 5) is 16.5. The highest BCUT2D eigenvalue weighted by Gasteiger charge is 2.15. The number of anilines is 1. The van der Waals surface area contributed by atoms with Crippen molar-refractivity contribution >= 4 is 34.8 Å². The Morgan fingerprint density at radius 1 is 1.25 bits per heavy atom. The monoisotopic (exact) mass is 315 g/mol. The lowest BCUT2D eigenvalue weighted by Gasteiger charge is -2.32. The minimum Gasteiger partial charge on any atom is -0.325 e. The summed E-state index contributed by atoms with van der Waals surface area (Å²) in [5.74, 6) is -0.0342. The molecular formula is C14H19Cl2N3O. The van der Waals surface area contributed by atoms with Crippen molar-refractivity contribution in [2.45, 2.75) is 6.42 Å². The van der Waals surface area contributed by atoms with Gasteiger partial charge in [-0.3, -0.25) is 4.79 Å². The highest BCUT2D eigenvalue weighted by molar-refractivity contribution is 6.43. The predicted octanol–water partition coefficient (Wildman–Crippen LogP) is 2.57. The molecule has 1 saturated heterocycles. The van der Waals surface area contributed by atoms with Crippen molar-refractivity contribution in [2.24, 2.45) is 0 Å². The maximum atomic E-state index is 11.9. The summed E-state index contributed by atoms with van der Waals surface area (Å²) in [6, 6.07) is 5.22. The van der Waals surface area contributed by atoms with Gasteiger partial charge in [0.2, 0.25) is 5.91 Å². The molecular weight excluding hydrogens is 297 g/mol. The molecule has 0 spiro atoms. The molecule has 1 aromatic rings. The van der Waals surface area contributed by atoms with Crippen molar-refractivity contribution in [3.05, 3.63) is 28.2 Å². The molecule has 0 radical (unpaired) electrons. The number of nitrogens with one attached hydrogen (secondary N) is 1. The molecule has 4 nitrogen and oxygen atoms in total. The van der Waals surface area contributed by atoms with E-state index < -0.39 is 0 Å². The Kier molecular flexibility index (Phi) is 5.66. The Morgan fingerprint density at radius 2 is 1.95 bits per heavy atom. The van der Waals surface area contributed by atoms with Gasteiger partial charge in [-0.1, -0.05) is 29.3 Å². The van der Waals surface area contributed by atoms with E-state index in [0.717, 1.165) is 32.7 Å². The molecule has 1 fully saturated rings. The van der Waals surface area contributed by atoms with Gasteiger partial charge < -0.3 is 15.1 Å². The Labute approximate surface area is 129 Å². The molecule has 0 aromatic heterocycles. The lowest BCUT2D eigenvalue weighted by Crippen LogP contribution is -2.45. The molecule has 0 bridgehead atoms. The Balaban J connectivity index is 1.79. The van der Waals surface area contributed by atoms with Crippen LogP contribution in [0.25, 0.3) is 0 Å². The second-order valence-corrected chi connectivity index (χ2v) is 5.83. The van der Waals surface area contributed by atoms with Crippen LogP contribution in [-0.2, 0) is 4.79 Å². The summed E-state index contributed by atoms with van der Waals surface area (Å²) in [6.45, 7) is 4.92. The van der Waals surface area contributed by atoms with Crippen LogP contribution in [0.1, 0.15) is 6.42 Å². The number of hydrogen-bond donors (Lipinski definition) is 1. The van der Waals surface area contributed by atoms with Crippen LogP contribution in [0, 0.1) is 0 Å². The number of piperazine rings is 1. The number of nitrogens with zero attached hydrogens (tertiary/aromatic N) is 2. The molecule has 0 atom stereocenters. The second-order valence-electron chi connectivity index (χ2n) is 5.04. The van der Waals surface area contributed by atoms with E-state index in [2.05, 4.69) is 22.2 Å². The largest absolute Gasteiger partial charge is 0.325 e. The minimum atomic E-state index is -0.0342. The van der Waals surface area contributed by atoms with Crippen molar-refractivity contribution < 1.29 is 4.79 Å². The van der Waals surface area contributed by atoms with Crippen molar-refractivity contribution in [2.75, 3.05) is 45.1 Å². The molecule has 0 saturated carbocycles. The van der Waals surface area contributed by atoms with Crippen molar-refractivity contribution in [3.63, 3.8) is 0 Å². The van der Waals surface area contributed by atoms with Crippen molar-refractivity contribution in [3.8, 4) is 0 Å². The van der Waals surface area contributed by atoms with E-state index >= 15 is 0 Å². The van der Waals surface area contributed by atoms with Gasteiger partial charge in [-0.2, -0.15) is 0 Å². The third-order valence-corrected chi connectivity index (χ3v) is 4.30. The van der Waals surface area contributed by atoms with Crippen LogP contribution in [0.5, 0.6) is 0 Å². The average Bonchev–Trinajstić information content (AvgIpc) is 2.43. The average molecular weight is 316 g/mol. The third-order valence-electron chi connectivity index (χ3n) is 3.48. The zero-order valence-corrected chi connectivity index (χ0v) is 13.0. The number of halogens is 2. The fraction of sp³-hybridized carbons (Fsp3) is 0.500. The Bertz CT molecular complexity index is 473. The standard InChI is InChI=1S/C14H19Cl2N3O/c1-18-7-9-19(10-8-18)6-5-13(20)17-12-4-2-3-11(15)14(12)16/h2-4H,5-10H2,1H3,(H,17,20). The molecule has 1 N–H and O–H groups in total. The summed E-state index contributed by atoms with van der Waals surface area (Å²) in [6.07, 6.45) is 0.465. The van der Waals surface area contributed by atoms with Gasteiger partial charge in [0.05, 0.1) is 15.7 Å². The molecule has 1 amide bonds. The quantitative estimate of drug-likeness (QED) is 0.927. The normalized spacial score (nSPS) is 17.1. The number of amides is 1. The molecule has 20 heavy (non-hydrogen) atoms. The van der Waals surface area contributed by atoms with E-state index in [9.17, 15) is 4.79 Å². The SMILES string of the molecule is CN1CCN(CCC(=O)Nc2cccc(Cl)c2Cl)CC1. The van der Waals surface area contributed by atoms with E-state index in [4.69, 9.17) is 23.2 Å². The Hall–Kier alpha value is -0.810. The van der Waals surface area contributed by atoms with Gasteiger partial charge >= 0.3 is 0 Å². The maximum absolute atomic E-state index is 11.9. The van der Waals surface area contributed by atoms with E-state index in [1.165, 1.54) is 0 Å². The van der Waals surface area contributed by atoms with E-state index in [1.807, 2.05) is 0 Å². The molecule has 1 heterocycles. The fourth-order valence-corrected chi connectivity index (χ4v) is 2.49. The first-order valence-electron chi connectivity index (χ1n) is 6.71. The number of carbonyl (C=O) groups is 1. The Morgan fingerprint density at radius 3 is 2.65 bits per heavy atom. The second kappa shape index (κ2) is 7.27. The van der Waals surface area contributed by atoms with Gasteiger partial charge in [-0.25, -0.2) is 0 Å². The van der Waals surface area contributed by atoms with E-state index in [0.29, 0.717) is 22.2 Å². The molecule has 0 aliphatic carbocycles. The minimum absolute atomic E-state index is 0.0342. The first-order valence-corrected chi connectivity index (χ1v) is 7.46. The molecule has 2 rings (SSSR count). The molecule has 1 aromatic carbocycles. The van der Waals surface area contributed by atoms with Gasteiger partial charge in [0.25, 0.3) is 0 Å². The maximum Gasteiger partial charge on any atom is 0.225 e. The number of hydrogen-bond acceptors (Lipinski definition) is 3. The lowest BCUT2D eigenvalue weighted by atomic mass is 10.2. The topological polar surface area (TPSA) is 35.6 Å². The van der Waals surface area contributed by atoms with Crippen LogP contribution in [-0.4, -0.2) is 55.5 Å². The van der Waals surface area contributed by atoms with Crippen LogP contribution in [0.15, 0.2) is 18.2 Å². The molecule has 110 valence electrons.